The summed E-state index contributed by atoms with van der Waals surface area (Å²) in [6.45, 7) is 7.50. The number of aromatic nitrogens is 1. The Hall–Kier alpha value is -2.64. The minimum atomic E-state index is -3.64. The number of hydrogen-bond acceptors (Lipinski definition) is 4. The molecule has 0 amide bonds. The number of H-pyrrole nitrogens is 1. The summed E-state index contributed by atoms with van der Waals surface area (Å²) in [5.74, 6) is 0.147. The topological polar surface area (TPSA) is 73.5 Å². The van der Waals surface area contributed by atoms with Crippen LogP contribution in [0.3, 0.4) is 0 Å². The molecule has 32 heavy (non-hydrogen) atoms. The molecule has 3 aromatic rings. The Morgan fingerprint density at radius 1 is 1.06 bits per heavy atom. The fourth-order valence-corrected chi connectivity index (χ4v) is 6.94. The zero-order valence-electron chi connectivity index (χ0n) is 18.8. The van der Waals surface area contributed by atoms with Gasteiger partial charge < -0.3 is 9.88 Å². The van der Waals surface area contributed by atoms with Gasteiger partial charge in [0, 0.05) is 59.9 Å². The smallest absolute Gasteiger partial charge is 0.243 e. The zero-order valence-corrected chi connectivity index (χ0v) is 19.6. The van der Waals surface area contributed by atoms with Crippen LogP contribution in [0.15, 0.2) is 41.3 Å². The molecular weight excluding hydrogens is 422 g/mol. The molecular formula is C25H29N3O3S. The molecule has 1 atom stereocenters. The van der Waals surface area contributed by atoms with Crippen molar-refractivity contribution in [3.05, 3.63) is 58.8 Å². The van der Waals surface area contributed by atoms with E-state index in [1.807, 2.05) is 19.1 Å². The molecule has 2 aliphatic rings. The molecule has 1 aliphatic carbocycles. The maximum Gasteiger partial charge on any atom is 0.243 e. The lowest BCUT2D eigenvalue weighted by Crippen LogP contribution is -2.53. The van der Waals surface area contributed by atoms with E-state index in [0.29, 0.717) is 36.5 Å². The third-order valence-electron chi connectivity index (χ3n) is 6.82. The average Bonchev–Trinajstić information content (AvgIpc) is 3.11. The molecule has 0 unspecified atom stereocenters. The van der Waals surface area contributed by atoms with Crippen LogP contribution in [-0.4, -0.2) is 49.2 Å². The van der Waals surface area contributed by atoms with Gasteiger partial charge in [-0.05, 0) is 69.0 Å². The number of sulfonamides is 1. The Bertz CT molecular complexity index is 1330. The Balaban J connectivity index is 1.46. The number of rotatable bonds is 3. The fraction of sp³-hybridized carbons (Fsp3) is 0.400. The molecule has 0 saturated carbocycles. The van der Waals surface area contributed by atoms with Crippen LogP contribution >= 0.6 is 0 Å². The van der Waals surface area contributed by atoms with Crippen molar-refractivity contribution in [2.24, 2.45) is 0 Å². The Labute approximate surface area is 189 Å². The first-order chi connectivity index (χ1) is 15.3. The molecule has 168 valence electrons. The summed E-state index contributed by atoms with van der Waals surface area (Å²) in [5.41, 5.74) is 5.44. The van der Waals surface area contributed by atoms with Crippen LogP contribution in [0.2, 0.25) is 0 Å². The van der Waals surface area contributed by atoms with E-state index in [2.05, 4.69) is 41.9 Å². The summed E-state index contributed by atoms with van der Waals surface area (Å²) in [4.78, 5) is 18.4. The monoisotopic (exact) mass is 451 g/mol. The minimum absolute atomic E-state index is 0.0692. The summed E-state index contributed by atoms with van der Waals surface area (Å²) in [6.07, 6.45) is 2.23. The van der Waals surface area contributed by atoms with Crippen LogP contribution in [0, 0.1) is 13.8 Å². The van der Waals surface area contributed by atoms with Gasteiger partial charge in [-0.25, -0.2) is 8.42 Å². The number of Topliss-reactive ketones (excluding diaryl/α,β-unsaturated/α-hetero) is 1. The molecule has 1 saturated heterocycles. The predicted molar refractivity (Wildman–Crippen MR) is 127 cm³/mol. The number of nitrogens with one attached hydrogen (secondary N) is 1. The molecule has 0 spiro atoms. The van der Waals surface area contributed by atoms with Gasteiger partial charge in [0.15, 0.2) is 5.78 Å². The van der Waals surface area contributed by atoms with E-state index in [1.54, 1.807) is 10.4 Å². The molecule has 1 aliphatic heterocycles. The number of aryl methyl sites for hydroxylation is 3. The number of ketones is 1. The highest BCUT2D eigenvalue weighted by Crippen LogP contribution is 2.34. The van der Waals surface area contributed by atoms with E-state index in [0.717, 1.165) is 40.7 Å². The molecule has 1 aromatic heterocycles. The van der Waals surface area contributed by atoms with E-state index in [9.17, 15) is 13.2 Å². The third kappa shape index (κ3) is 3.44. The van der Waals surface area contributed by atoms with E-state index in [1.165, 1.54) is 5.56 Å². The number of fused-ring (bicyclic) bond motifs is 3. The lowest BCUT2D eigenvalue weighted by atomic mass is 9.94. The van der Waals surface area contributed by atoms with Gasteiger partial charge in [0.2, 0.25) is 10.0 Å². The number of nitrogens with zero attached hydrogens (tertiary/aromatic N) is 2. The highest BCUT2D eigenvalue weighted by atomic mass is 32.2. The second-order valence-corrected chi connectivity index (χ2v) is 11.1. The summed E-state index contributed by atoms with van der Waals surface area (Å²) in [5, 5.41) is 0.846. The molecule has 6 nitrogen and oxygen atoms in total. The highest BCUT2D eigenvalue weighted by Gasteiger charge is 2.34. The Morgan fingerprint density at radius 2 is 1.88 bits per heavy atom. The molecule has 5 rings (SSSR count). The van der Waals surface area contributed by atoms with Gasteiger partial charge in [0.05, 0.1) is 4.90 Å². The van der Waals surface area contributed by atoms with Gasteiger partial charge in [0.1, 0.15) is 0 Å². The van der Waals surface area contributed by atoms with E-state index in [4.69, 9.17) is 0 Å². The number of aromatic amines is 1. The average molecular weight is 452 g/mol. The lowest BCUT2D eigenvalue weighted by Gasteiger charge is -2.40. The summed E-state index contributed by atoms with van der Waals surface area (Å²) >= 11 is 0. The summed E-state index contributed by atoms with van der Waals surface area (Å²) in [7, 11) is -3.64. The van der Waals surface area contributed by atoms with Crippen molar-refractivity contribution in [3.8, 4) is 0 Å². The van der Waals surface area contributed by atoms with Crippen LogP contribution in [-0.2, 0) is 16.4 Å². The quantitative estimate of drug-likeness (QED) is 0.648. The van der Waals surface area contributed by atoms with E-state index >= 15 is 0 Å². The van der Waals surface area contributed by atoms with Crippen molar-refractivity contribution >= 4 is 32.4 Å². The molecule has 1 N–H and O–H groups in total. The maximum absolute atomic E-state index is 13.6. The number of anilines is 1. The highest BCUT2D eigenvalue weighted by molar-refractivity contribution is 7.89. The largest absolute Gasteiger partial charge is 0.366 e. The normalized spacial score (nSPS) is 20.0. The molecule has 7 heteroatoms. The Morgan fingerprint density at radius 3 is 2.62 bits per heavy atom. The van der Waals surface area contributed by atoms with Crippen molar-refractivity contribution in [3.63, 3.8) is 0 Å². The first-order valence-electron chi connectivity index (χ1n) is 11.3. The molecule has 2 aromatic carbocycles. The number of benzene rings is 2. The van der Waals surface area contributed by atoms with Gasteiger partial charge in [-0.15, -0.1) is 0 Å². The second-order valence-electron chi connectivity index (χ2n) is 9.16. The SMILES string of the molecule is Cc1cccc(N2CCN(S(=O)(=O)c3cc4[nH]c5c(c4cc3C)C(=O)CCC5)C[C@@H]2C)c1. The second kappa shape index (κ2) is 7.74. The summed E-state index contributed by atoms with van der Waals surface area (Å²) in [6, 6.07) is 12.0. The van der Waals surface area contributed by atoms with Crippen molar-refractivity contribution in [2.45, 2.75) is 51.0 Å². The number of carbonyl (C=O) groups excluding carboxylic acids is 1. The van der Waals surface area contributed by atoms with Gasteiger partial charge >= 0.3 is 0 Å². The number of hydrogen-bond donors (Lipinski definition) is 1. The van der Waals surface area contributed by atoms with Crippen molar-refractivity contribution in [1.82, 2.24) is 9.29 Å². The van der Waals surface area contributed by atoms with Crippen molar-refractivity contribution in [1.29, 1.82) is 0 Å². The van der Waals surface area contributed by atoms with Crippen molar-refractivity contribution in [2.75, 3.05) is 24.5 Å². The first kappa shape index (κ1) is 21.2. The lowest BCUT2D eigenvalue weighted by molar-refractivity contribution is 0.0974. The molecule has 2 heterocycles. The third-order valence-corrected chi connectivity index (χ3v) is 8.83. The van der Waals surface area contributed by atoms with Gasteiger partial charge in [-0.3, -0.25) is 4.79 Å². The minimum Gasteiger partial charge on any atom is -0.366 e. The Kier molecular flexibility index (Phi) is 5.13. The van der Waals surface area contributed by atoms with Gasteiger partial charge in [-0.1, -0.05) is 12.1 Å². The van der Waals surface area contributed by atoms with Crippen LogP contribution in [0.5, 0.6) is 0 Å². The van der Waals surface area contributed by atoms with Crippen LogP contribution in [0.1, 0.15) is 46.9 Å². The number of piperazine rings is 1. The van der Waals surface area contributed by atoms with Gasteiger partial charge in [-0.2, -0.15) is 4.31 Å². The first-order valence-corrected chi connectivity index (χ1v) is 12.7. The van der Waals surface area contributed by atoms with Gasteiger partial charge in [0.25, 0.3) is 0 Å². The molecule has 0 radical (unpaired) electrons. The molecule has 1 fully saturated rings. The standard InChI is InChI=1S/C25H29N3O3S/c1-16-6-4-7-19(12-16)28-11-10-27(15-18(28)3)32(30,31)24-14-22-20(13-17(24)2)25-21(26-22)8-5-9-23(25)29/h4,6-7,12-14,18,26H,5,8-11,15H2,1-3H3/t18-/m0/s1. The zero-order chi connectivity index (χ0) is 22.6. The number of carbonyl (C=O) groups is 1. The summed E-state index contributed by atoms with van der Waals surface area (Å²) < 4.78 is 28.9. The van der Waals surface area contributed by atoms with Crippen molar-refractivity contribution < 1.29 is 13.2 Å². The van der Waals surface area contributed by atoms with Crippen LogP contribution in [0.25, 0.3) is 10.9 Å². The van der Waals surface area contributed by atoms with Crippen LogP contribution < -0.4 is 4.90 Å². The molecule has 0 bridgehead atoms. The fourth-order valence-electron chi connectivity index (χ4n) is 5.19. The van der Waals surface area contributed by atoms with E-state index < -0.39 is 10.0 Å². The van der Waals surface area contributed by atoms with E-state index in [-0.39, 0.29) is 11.8 Å². The van der Waals surface area contributed by atoms with Crippen LogP contribution in [0.4, 0.5) is 5.69 Å². The maximum atomic E-state index is 13.6. The predicted octanol–water partition coefficient (Wildman–Crippen LogP) is 4.20.